The van der Waals surface area contributed by atoms with E-state index in [1.807, 2.05) is 13.8 Å². The Hall–Kier alpha value is -0.120. The minimum Gasteiger partial charge on any atom is -0.390 e. The summed E-state index contributed by atoms with van der Waals surface area (Å²) in [6.07, 6.45) is 1.94. The fourth-order valence-corrected chi connectivity index (χ4v) is 1.50. The van der Waals surface area contributed by atoms with Crippen LogP contribution in [0.1, 0.15) is 26.7 Å². The molecule has 1 fully saturated rings. The van der Waals surface area contributed by atoms with Gasteiger partial charge in [0.05, 0.1) is 5.60 Å². The highest BCUT2D eigenvalue weighted by Crippen LogP contribution is 2.12. The molecule has 1 heterocycles. The SMILES string of the molecule is CC(C)(O)CCN1CC[C@@H](N)C1. The van der Waals surface area contributed by atoms with Gasteiger partial charge >= 0.3 is 0 Å². The summed E-state index contributed by atoms with van der Waals surface area (Å²) in [5, 5.41) is 9.49. The van der Waals surface area contributed by atoms with E-state index in [1.54, 1.807) is 0 Å². The van der Waals surface area contributed by atoms with Crippen LogP contribution in [-0.4, -0.2) is 41.3 Å². The zero-order valence-electron chi connectivity index (χ0n) is 8.08. The van der Waals surface area contributed by atoms with Crippen LogP contribution < -0.4 is 5.73 Å². The van der Waals surface area contributed by atoms with Crippen molar-refractivity contribution in [2.24, 2.45) is 5.73 Å². The zero-order chi connectivity index (χ0) is 9.19. The summed E-state index contributed by atoms with van der Waals surface area (Å²) in [6, 6.07) is 0.354. The monoisotopic (exact) mass is 172 g/mol. The van der Waals surface area contributed by atoms with E-state index in [-0.39, 0.29) is 0 Å². The molecule has 0 aliphatic carbocycles. The summed E-state index contributed by atoms with van der Waals surface area (Å²) in [7, 11) is 0. The molecule has 0 aromatic carbocycles. The lowest BCUT2D eigenvalue weighted by atomic mass is 10.1. The van der Waals surface area contributed by atoms with Crippen LogP contribution in [0.2, 0.25) is 0 Å². The smallest absolute Gasteiger partial charge is 0.0603 e. The molecule has 1 atom stereocenters. The highest BCUT2D eigenvalue weighted by atomic mass is 16.3. The lowest BCUT2D eigenvalue weighted by Crippen LogP contribution is -2.31. The number of aliphatic hydroxyl groups is 1. The molecule has 12 heavy (non-hydrogen) atoms. The molecule has 3 nitrogen and oxygen atoms in total. The minimum atomic E-state index is -0.535. The van der Waals surface area contributed by atoms with Crippen LogP contribution in [-0.2, 0) is 0 Å². The molecule has 3 N–H and O–H groups in total. The van der Waals surface area contributed by atoms with Crippen molar-refractivity contribution < 1.29 is 5.11 Å². The average molecular weight is 172 g/mol. The van der Waals surface area contributed by atoms with Crippen LogP contribution in [0.25, 0.3) is 0 Å². The lowest BCUT2D eigenvalue weighted by Gasteiger charge is -2.21. The highest BCUT2D eigenvalue weighted by Gasteiger charge is 2.21. The number of nitrogens with zero attached hydrogens (tertiary/aromatic N) is 1. The van der Waals surface area contributed by atoms with Gasteiger partial charge in [0.1, 0.15) is 0 Å². The number of rotatable bonds is 3. The molecule has 1 rings (SSSR count). The van der Waals surface area contributed by atoms with Crippen molar-refractivity contribution in [1.29, 1.82) is 0 Å². The van der Waals surface area contributed by atoms with Gasteiger partial charge in [-0.15, -0.1) is 0 Å². The molecule has 72 valence electrons. The van der Waals surface area contributed by atoms with Crippen molar-refractivity contribution in [3.8, 4) is 0 Å². The summed E-state index contributed by atoms with van der Waals surface area (Å²) >= 11 is 0. The summed E-state index contributed by atoms with van der Waals surface area (Å²) < 4.78 is 0. The fraction of sp³-hybridized carbons (Fsp3) is 1.00. The first kappa shape index (κ1) is 9.96. The van der Waals surface area contributed by atoms with Gasteiger partial charge in [-0.3, -0.25) is 0 Å². The number of hydrogen-bond donors (Lipinski definition) is 2. The van der Waals surface area contributed by atoms with Gasteiger partial charge in [-0.25, -0.2) is 0 Å². The van der Waals surface area contributed by atoms with E-state index in [0.29, 0.717) is 6.04 Å². The molecular weight excluding hydrogens is 152 g/mol. The summed E-state index contributed by atoms with van der Waals surface area (Å²) in [6.45, 7) is 6.76. The second kappa shape index (κ2) is 3.73. The van der Waals surface area contributed by atoms with Gasteiger partial charge in [0.2, 0.25) is 0 Å². The molecule has 1 aliphatic rings. The number of likely N-dealkylation sites (tertiary alicyclic amines) is 1. The van der Waals surface area contributed by atoms with Crippen LogP contribution in [0.5, 0.6) is 0 Å². The Balaban J connectivity index is 2.16. The van der Waals surface area contributed by atoms with Gasteiger partial charge in [0.15, 0.2) is 0 Å². The summed E-state index contributed by atoms with van der Waals surface area (Å²) in [5.74, 6) is 0. The van der Waals surface area contributed by atoms with Crippen molar-refractivity contribution in [3.05, 3.63) is 0 Å². The molecule has 0 unspecified atom stereocenters. The van der Waals surface area contributed by atoms with Crippen molar-refractivity contribution in [3.63, 3.8) is 0 Å². The Bertz CT molecular complexity index is 142. The van der Waals surface area contributed by atoms with Gasteiger partial charge in [-0.05, 0) is 33.2 Å². The van der Waals surface area contributed by atoms with E-state index < -0.39 is 5.60 Å². The van der Waals surface area contributed by atoms with E-state index in [1.165, 1.54) is 0 Å². The van der Waals surface area contributed by atoms with Gasteiger partial charge < -0.3 is 15.7 Å². The zero-order valence-corrected chi connectivity index (χ0v) is 8.08. The predicted octanol–water partition coefficient (Wildman–Crippen LogP) is 0.180. The van der Waals surface area contributed by atoms with E-state index in [0.717, 1.165) is 32.5 Å². The van der Waals surface area contributed by atoms with Gasteiger partial charge in [0.25, 0.3) is 0 Å². The van der Waals surface area contributed by atoms with Crippen LogP contribution >= 0.6 is 0 Å². The first-order valence-corrected chi connectivity index (χ1v) is 4.68. The molecule has 0 aromatic heterocycles. The Kier molecular flexibility index (Phi) is 3.09. The molecule has 1 saturated heterocycles. The third kappa shape index (κ3) is 3.52. The van der Waals surface area contributed by atoms with E-state index in [9.17, 15) is 5.11 Å². The Morgan fingerprint density at radius 1 is 1.58 bits per heavy atom. The third-order valence-corrected chi connectivity index (χ3v) is 2.35. The maximum atomic E-state index is 9.49. The molecule has 0 spiro atoms. The largest absolute Gasteiger partial charge is 0.390 e. The van der Waals surface area contributed by atoms with E-state index in [4.69, 9.17) is 5.73 Å². The van der Waals surface area contributed by atoms with Crippen molar-refractivity contribution >= 4 is 0 Å². The van der Waals surface area contributed by atoms with E-state index in [2.05, 4.69) is 4.90 Å². The first-order valence-electron chi connectivity index (χ1n) is 4.68. The lowest BCUT2D eigenvalue weighted by molar-refractivity contribution is 0.0604. The maximum Gasteiger partial charge on any atom is 0.0603 e. The summed E-state index contributed by atoms with van der Waals surface area (Å²) in [4.78, 5) is 2.32. The Morgan fingerprint density at radius 3 is 2.67 bits per heavy atom. The quantitative estimate of drug-likeness (QED) is 0.638. The minimum absolute atomic E-state index is 0.354. The van der Waals surface area contributed by atoms with Crippen molar-refractivity contribution in [2.75, 3.05) is 19.6 Å². The standard InChI is InChI=1S/C9H20N2O/c1-9(2,12)4-6-11-5-3-8(10)7-11/h8,12H,3-7,10H2,1-2H3/t8-/m1/s1. The Labute approximate surface area is 74.5 Å². The van der Waals surface area contributed by atoms with Crippen LogP contribution in [0, 0.1) is 0 Å². The van der Waals surface area contributed by atoms with Crippen LogP contribution in [0.4, 0.5) is 0 Å². The number of hydrogen-bond acceptors (Lipinski definition) is 3. The summed E-state index contributed by atoms with van der Waals surface area (Å²) in [5.41, 5.74) is 5.23. The average Bonchev–Trinajstić information content (AvgIpc) is 2.30. The maximum absolute atomic E-state index is 9.49. The Morgan fingerprint density at radius 2 is 2.25 bits per heavy atom. The first-order chi connectivity index (χ1) is 5.47. The molecule has 0 amide bonds. The molecule has 3 heteroatoms. The molecule has 1 aliphatic heterocycles. The van der Waals surface area contributed by atoms with E-state index >= 15 is 0 Å². The van der Waals surface area contributed by atoms with Gasteiger partial charge in [-0.1, -0.05) is 0 Å². The molecule has 0 radical (unpaired) electrons. The predicted molar refractivity (Wildman–Crippen MR) is 49.9 cm³/mol. The second-order valence-corrected chi connectivity index (χ2v) is 4.41. The molecule has 0 aromatic rings. The van der Waals surface area contributed by atoms with Crippen LogP contribution in [0.3, 0.4) is 0 Å². The molecule has 0 saturated carbocycles. The van der Waals surface area contributed by atoms with Gasteiger partial charge in [0, 0.05) is 19.1 Å². The normalized spacial score (nSPS) is 26.5. The third-order valence-electron chi connectivity index (χ3n) is 2.35. The van der Waals surface area contributed by atoms with Crippen LogP contribution in [0.15, 0.2) is 0 Å². The van der Waals surface area contributed by atoms with Crippen molar-refractivity contribution in [2.45, 2.75) is 38.3 Å². The molecular formula is C9H20N2O. The number of nitrogens with two attached hydrogens (primary N) is 1. The highest BCUT2D eigenvalue weighted by molar-refractivity contribution is 4.79. The molecule has 0 bridgehead atoms. The fourth-order valence-electron chi connectivity index (χ4n) is 1.50. The van der Waals surface area contributed by atoms with Gasteiger partial charge in [-0.2, -0.15) is 0 Å². The van der Waals surface area contributed by atoms with Crippen molar-refractivity contribution in [1.82, 2.24) is 4.90 Å². The topological polar surface area (TPSA) is 49.5 Å². The second-order valence-electron chi connectivity index (χ2n) is 4.41.